The van der Waals surface area contributed by atoms with Crippen LogP contribution in [0.4, 0.5) is 11.4 Å². The van der Waals surface area contributed by atoms with Crippen molar-refractivity contribution >= 4 is 17.3 Å². The van der Waals surface area contributed by atoms with Gasteiger partial charge in [0.25, 0.3) is 0 Å². The van der Waals surface area contributed by atoms with E-state index in [1.54, 1.807) is 12.1 Å². The molecular weight excluding hydrogens is 276 g/mol. The highest BCUT2D eigenvalue weighted by Crippen LogP contribution is 2.48. The molecule has 2 aromatic rings. The number of anilines is 2. The summed E-state index contributed by atoms with van der Waals surface area (Å²) in [5, 5.41) is 12.3. The van der Waals surface area contributed by atoms with E-state index in [0.717, 1.165) is 23.4 Å². The zero-order valence-corrected chi connectivity index (χ0v) is 12.8. The lowest BCUT2D eigenvalue weighted by atomic mass is 10.1. The summed E-state index contributed by atoms with van der Waals surface area (Å²) in [6, 6.07) is 14.9. The van der Waals surface area contributed by atoms with Crippen LogP contribution in [-0.2, 0) is 4.79 Å². The van der Waals surface area contributed by atoms with Crippen LogP contribution >= 0.6 is 0 Å². The molecule has 0 aliphatic heterocycles. The molecule has 1 aliphatic carbocycles. The number of aromatic hydroxyl groups is 1. The number of benzene rings is 2. The molecular formula is C18H20N2O2. The molecule has 3 rings (SSSR count). The Morgan fingerprint density at radius 2 is 1.73 bits per heavy atom. The van der Waals surface area contributed by atoms with Crippen molar-refractivity contribution in [1.29, 1.82) is 0 Å². The molecule has 1 fully saturated rings. The first-order valence-electron chi connectivity index (χ1n) is 7.42. The normalized spacial score (nSPS) is 19.5. The monoisotopic (exact) mass is 296 g/mol. The number of carbonyl (C=O) groups excluding carboxylic acids is 1. The molecule has 0 aromatic heterocycles. The Hall–Kier alpha value is -2.49. The Labute approximate surface area is 130 Å². The maximum atomic E-state index is 12.3. The Kier molecular flexibility index (Phi) is 3.75. The Morgan fingerprint density at radius 3 is 2.32 bits per heavy atom. The van der Waals surface area contributed by atoms with E-state index in [-0.39, 0.29) is 23.5 Å². The molecule has 1 saturated carbocycles. The third kappa shape index (κ3) is 3.06. The van der Waals surface area contributed by atoms with Gasteiger partial charge < -0.3 is 15.3 Å². The van der Waals surface area contributed by atoms with Crippen molar-refractivity contribution in [2.24, 2.45) is 5.92 Å². The zero-order chi connectivity index (χ0) is 15.7. The second kappa shape index (κ2) is 5.72. The predicted molar refractivity (Wildman–Crippen MR) is 88.4 cm³/mol. The fraction of sp³-hybridized carbons (Fsp3) is 0.278. The zero-order valence-electron chi connectivity index (χ0n) is 12.8. The van der Waals surface area contributed by atoms with Crippen molar-refractivity contribution < 1.29 is 9.90 Å². The van der Waals surface area contributed by atoms with Crippen molar-refractivity contribution in [3.05, 3.63) is 54.1 Å². The van der Waals surface area contributed by atoms with E-state index in [2.05, 4.69) is 5.32 Å². The van der Waals surface area contributed by atoms with Crippen molar-refractivity contribution in [3.63, 3.8) is 0 Å². The standard InChI is InChI=1S/C18H20N2O2/c1-20(2)14-7-5-13(6-8-14)19-18(22)17-11-16(17)12-3-9-15(21)10-4-12/h3-10,16-17,21H,11H2,1-2H3,(H,19,22). The molecule has 0 bridgehead atoms. The van der Waals surface area contributed by atoms with Gasteiger partial charge in [-0.1, -0.05) is 12.1 Å². The van der Waals surface area contributed by atoms with Gasteiger partial charge in [0.2, 0.25) is 5.91 Å². The first kappa shape index (κ1) is 14.4. The smallest absolute Gasteiger partial charge is 0.228 e. The summed E-state index contributed by atoms with van der Waals surface area (Å²) < 4.78 is 0. The predicted octanol–water partition coefficient (Wildman–Crippen LogP) is 3.20. The number of hydrogen-bond donors (Lipinski definition) is 2. The van der Waals surface area contributed by atoms with Gasteiger partial charge in [0.1, 0.15) is 5.75 Å². The molecule has 4 nitrogen and oxygen atoms in total. The largest absolute Gasteiger partial charge is 0.508 e. The van der Waals surface area contributed by atoms with Crippen LogP contribution in [0.1, 0.15) is 17.9 Å². The summed E-state index contributed by atoms with van der Waals surface area (Å²) in [7, 11) is 3.97. The Bertz CT molecular complexity index is 662. The highest BCUT2D eigenvalue weighted by Gasteiger charge is 2.43. The molecule has 0 spiro atoms. The second-order valence-corrected chi connectivity index (χ2v) is 5.97. The fourth-order valence-electron chi connectivity index (χ4n) is 2.65. The van der Waals surface area contributed by atoms with Crippen LogP contribution in [0.5, 0.6) is 5.75 Å². The van der Waals surface area contributed by atoms with Crippen LogP contribution in [0.2, 0.25) is 0 Å². The van der Waals surface area contributed by atoms with E-state index in [4.69, 9.17) is 0 Å². The number of hydrogen-bond acceptors (Lipinski definition) is 3. The highest BCUT2D eigenvalue weighted by atomic mass is 16.3. The lowest BCUT2D eigenvalue weighted by molar-refractivity contribution is -0.117. The molecule has 2 aromatic carbocycles. The SMILES string of the molecule is CN(C)c1ccc(NC(=O)C2CC2c2ccc(O)cc2)cc1. The summed E-state index contributed by atoms with van der Waals surface area (Å²) >= 11 is 0. The molecule has 2 unspecified atom stereocenters. The average molecular weight is 296 g/mol. The van der Waals surface area contributed by atoms with Gasteiger partial charge in [-0.05, 0) is 54.3 Å². The summed E-state index contributed by atoms with van der Waals surface area (Å²) in [6.07, 6.45) is 0.867. The van der Waals surface area contributed by atoms with Crippen LogP contribution in [0, 0.1) is 5.92 Å². The average Bonchev–Trinajstić information content (AvgIpc) is 3.29. The van der Waals surface area contributed by atoms with Gasteiger partial charge in [0, 0.05) is 31.4 Å². The number of phenols is 1. The number of nitrogens with one attached hydrogen (secondary N) is 1. The minimum atomic E-state index is 0.0260. The van der Waals surface area contributed by atoms with Crippen LogP contribution in [0.3, 0.4) is 0 Å². The van der Waals surface area contributed by atoms with E-state index in [1.165, 1.54) is 0 Å². The Balaban J connectivity index is 1.60. The molecule has 0 saturated heterocycles. The molecule has 4 heteroatoms. The quantitative estimate of drug-likeness (QED) is 0.911. The summed E-state index contributed by atoms with van der Waals surface area (Å²) in [6.45, 7) is 0. The van der Waals surface area contributed by atoms with Crippen molar-refractivity contribution in [2.45, 2.75) is 12.3 Å². The minimum Gasteiger partial charge on any atom is -0.508 e. The van der Waals surface area contributed by atoms with Crippen LogP contribution in [0.15, 0.2) is 48.5 Å². The summed E-state index contributed by atoms with van der Waals surface area (Å²) in [5.74, 6) is 0.613. The first-order chi connectivity index (χ1) is 10.5. The molecule has 22 heavy (non-hydrogen) atoms. The van der Waals surface area contributed by atoms with E-state index in [9.17, 15) is 9.90 Å². The van der Waals surface area contributed by atoms with E-state index in [1.807, 2.05) is 55.4 Å². The minimum absolute atomic E-state index is 0.0260. The van der Waals surface area contributed by atoms with Crippen molar-refractivity contribution in [2.75, 3.05) is 24.3 Å². The van der Waals surface area contributed by atoms with Gasteiger partial charge in [-0.2, -0.15) is 0 Å². The maximum absolute atomic E-state index is 12.3. The number of nitrogens with zero attached hydrogens (tertiary/aromatic N) is 1. The fourth-order valence-corrected chi connectivity index (χ4v) is 2.65. The van der Waals surface area contributed by atoms with Crippen molar-refractivity contribution in [1.82, 2.24) is 0 Å². The first-order valence-corrected chi connectivity index (χ1v) is 7.42. The maximum Gasteiger partial charge on any atom is 0.228 e. The van der Waals surface area contributed by atoms with Gasteiger partial charge in [0.05, 0.1) is 0 Å². The van der Waals surface area contributed by atoms with Crippen LogP contribution in [0.25, 0.3) is 0 Å². The molecule has 0 heterocycles. The molecule has 2 atom stereocenters. The molecule has 1 amide bonds. The van der Waals surface area contributed by atoms with Gasteiger partial charge >= 0.3 is 0 Å². The van der Waals surface area contributed by atoms with Crippen LogP contribution in [-0.4, -0.2) is 25.1 Å². The van der Waals surface area contributed by atoms with Gasteiger partial charge in [-0.3, -0.25) is 4.79 Å². The lowest BCUT2D eigenvalue weighted by Gasteiger charge is -2.13. The molecule has 1 aliphatic rings. The summed E-state index contributed by atoms with van der Waals surface area (Å²) in [4.78, 5) is 14.3. The van der Waals surface area contributed by atoms with E-state index in [0.29, 0.717) is 0 Å². The Morgan fingerprint density at radius 1 is 1.09 bits per heavy atom. The molecule has 114 valence electrons. The number of amides is 1. The number of carbonyl (C=O) groups is 1. The van der Waals surface area contributed by atoms with Gasteiger partial charge in [0.15, 0.2) is 0 Å². The van der Waals surface area contributed by atoms with E-state index < -0.39 is 0 Å². The third-order valence-corrected chi connectivity index (χ3v) is 4.10. The summed E-state index contributed by atoms with van der Waals surface area (Å²) in [5.41, 5.74) is 3.04. The molecule has 2 N–H and O–H groups in total. The second-order valence-electron chi connectivity index (χ2n) is 5.97. The number of phenolic OH excluding ortho intramolecular Hbond substituents is 1. The third-order valence-electron chi connectivity index (χ3n) is 4.10. The topological polar surface area (TPSA) is 52.6 Å². The highest BCUT2D eigenvalue weighted by molar-refractivity contribution is 5.95. The van der Waals surface area contributed by atoms with Gasteiger partial charge in [-0.15, -0.1) is 0 Å². The van der Waals surface area contributed by atoms with E-state index >= 15 is 0 Å². The van der Waals surface area contributed by atoms with Crippen molar-refractivity contribution in [3.8, 4) is 5.75 Å². The van der Waals surface area contributed by atoms with Crippen LogP contribution < -0.4 is 10.2 Å². The lowest BCUT2D eigenvalue weighted by Crippen LogP contribution is -2.15. The molecule has 0 radical (unpaired) electrons. The number of rotatable bonds is 4. The van der Waals surface area contributed by atoms with Gasteiger partial charge in [-0.25, -0.2) is 0 Å².